The van der Waals surface area contributed by atoms with Gasteiger partial charge in [0.2, 0.25) is 5.89 Å². The number of hydrogen-bond donors (Lipinski definition) is 1. The van der Waals surface area contributed by atoms with E-state index in [-0.39, 0.29) is 5.83 Å². The number of anilines is 1. The van der Waals surface area contributed by atoms with Crippen LogP contribution in [-0.2, 0) is 11.3 Å². The van der Waals surface area contributed by atoms with Crippen LogP contribution in [0.3, 0.4) is 0 Å². The number of nitrogens with one attached hydrogen (secondary N) is 1. The number of carbonyl (C=O) groups excluding carboxylic acids is 1. The van der Waals surface area contributed by atoms with Crippen molar-refractivity contribution < 1.29 is 18.3 Å². The fourth-order valence-corrected chi connectivity index (χ4v) is 3.88. The number of ether oxygens (including phenoxy) is 1. The summed E-state index contributed by atoms with van der Waals surface area (Å²) >= 11 is 7.25. The van der Waals surface area contributed by atoms with E-state index in [1.54, 1.807) is 43.5 Å². The van der Waals surface area contributed by atoms with E-state index in [1.165, 1.54) is 24.0 Å². The van der Waals surface area contributed by atoms with Crippen molar-refractivity contribution in [3.63, 3.8) is 0 Å². The third-order valence-electron chi connectivity index (χ3n) is 4.64. The van der Waals surface area contributed by atoms with Gasteiger partial charge < -0.3 is 14.5 Å². The zero-order valence-corrected chi connectivity index (χ0v) is 19.3. The van der Waals surface area contributed by atoms with Crippen molar-refractivity contribution in [2.24, 2.45) is 0 Å². The van der Waals surface area contributed by atoms with Crippen molar-refractivity contribution in [1.82, 2.24) is 15.0 Å². The van der Waals surface area contributed by atoms with Gasteiger partial charge in [0.05, 0.1) is 23.7 Å². The summed E-state index contributed by atoms with van der Waals surface area (Å²) in [4.78, 5) is 25.0. The largest absolute Gasteiger partial charge is 0.462 e. The molecule has 0 aliphatic heterocycles. The second kappa shape index (κ2) is 10.6. The van der Waals surface area contributed by atoms with Crippen molar-refractivity contribution in [1.29, 1.82) is 0 Å². The van der Waals surface area contributed by atoms with E-state index in [2.05, 4.69) is 20.3 Å². The van der Waals surface area contributed by atoms with Gasteiger partial charge in [0.25, 0.3) is 0 Å². The van der Waals surface area contributed by atoms with Gasteiger partial charge in [0, 0.05) is 24.4 Å². The van der Waals surface area contributed by atoms with Gasteiger partial charge in [-0.05, 0) is 55.4 Å². The minimum Gasteiger partial charge on any atom is -0.462 e. The Bertz CT molecular complexity index is 1190. The molecule has 0 bridgehead atoms. The predicted molar refractivity (Wildman–Crippen MR) is 124 cm³/mol. The minimum absolute atomic E-state index is 0.163. The molecule has 1 aliphatic carbocycles. The Balaban J connectivity index is 1.53. The molecule has 4 rings (SSSR count). The molecule has 0 amide bonds. The van der Waals surface area contributed by atoms with E-state index in [0.717, 1.165) is 5.57 Å². The summed E-state index contributed by atoms with van der Waals surface area (Å²) in [6, 6.07) is 6.87. The van der Waals surface area contributed by atoms with E-state index >= 15 is 0 Å². The second-order valence-corrected chi connectivity index (χ2v) is 8.41. The van der Waals surface area contributed by atoms with Gasteiger partial charge in [-0.25, -0.2) is 24.1 Å². The number of nitrogens with zero attached hydrogens (tertiary/aromatic N) is 3. The highest BCUT2D eigenvalue weighted by atomic mass is 35.5. The summed E-state index contributed by atoms with van der Waals surface area (Å²) in [5, 5.41) is 4.99. The van der Waals surface area contributed by atoms with E-state index < -0.39 is 5.97 Å². The van der Waals surface area contributed by atoms with Gasteiger partial charge >= 0.3 is 5.97 Å². The van der Waals surface area contributed by atoms with Crippen LogP contribution in [0.1, 0.15) is 41.7 Å². The van der Waals surface area contributed by atoms with Gasteiger partial charge in [-0.3, -0.25) is 0 Å². The number of hydrogen-bond acceptors (Lipinski definition) is 8. The standard InChI is InChI=1S/C23H20ClFN4O3S/c1-2-31-22(30)15-5-9-19(26-11-15)27-13-18-23(33-20-10-6-16(24)12-28-20)32-21(29-18)14-3-7-17(25)8-4-14/h3,5-7,9-12H,2,4,8,13H2,1H3,(H,26,27). The number of pyridine rings is 2. The van der Waals surface area contributed by atoms with Crippen LogP contribution >= 0.6 is 23.4 Å². The zero-order chi connectivity index (χ0) is 23.2. The highest BCUT2D eigenvalue weighted by molar-refractivity contribution is 7.99. The van der Waals surface area contributed by atoms with E-state index in [9.17, 15) is 9.18 Å². The number of aromatic nitrogens is 3. The lowest BCUT2D eigenvalue weighted by atomic mass is 10.0. The molecule has 7 nitrogen and oxygen atoms in total. The lowest BCUT2D eigenvalue weighted by Crippen LogP contribution is -2.07. The summed E-state index contributed by atoms with van der Waals surface area (Å²) in [7, 11) is 0. The molecule has 0 unspecified atom stereocenters. The quantitative estimate of drug-likeness (QED) is 0.382. The fourth-order valence-electron chi connectivity index (χ4n) is 2.98. The molecule has 0 spiro atoms. The number of rotatable bonds is 8. The number of halogens is 2. The maximum absolute atomic E-state index is 13.4. The van der Waals surface area contributed by atoms with Gasteiger partial charge in [-0.2, -0.15) is 0 Å². The van der Waals surface area contributed by atoms with E-state index in [0.29, 0.717) is 64.1 Å². The molecule has 0 saturated heterocycles. The molecule has 0 saturated carbocycles. The summed E-state index contributed by atoms with van der Waals surface area (Å²) in [6.07, 6.45) is 6.96. The Hall–Kier alpha value is -3.17. The van der Waals surface area contributed by atoms with E-state index in [1.807, 2.05) is 0 Å². The van der Waals surface area contributed by atoms with Crippen LogP contribution in [0.5, 0.6) is 0 Å². The highest BCUT2D eigenvalue weighted by Gasteiger charge is 2.20. The molecule has 0 aromatic carbocycles. The molecular formula is C23H20ClFN4O3S. The first-order valence-corrected chi connectivity index (χ1v) is 11.4. The minimum atomic E-state index is -0.418. The van der Waals surface area contributed by atoms with Gasteiger partial charge in [-0.1, -0.05) is 17.7 Å². The molecular weight excluding hydrogens is 467 g/mol. The summed E-state index contributed by atoms with van der Waals surface area (Å²) in [5.41, 5.74) is 1.85. The molecule has 0 radical (unpaired) electrons. The Morgan fingerprint density at radius 3 is 2.76 bits per heavy atom. The van der Waals surface area contributed by atoms with Crippen LogP contribution in [0, 0.1) is 0 Å². The average Bonchev–Trinajstić information content (AvgIpc) is 3.22. The van der Waals surface area contributed by atoms with Crippen LogP contribution in [-0.4, -0.2) is 27.5 Å². The topological polar surface area (TPSA) is 90.1 Å². The van der Waals surface area contributed by atoms with Crippen molar-refractivity contribution in [3.8, 4) is 0 Å². The fraction of sp³-hybridized carbons (Fsp3) is 0.217. The Kier molecular flexibility index (Phi) is 7.41. The predicted octanol–water partition coefficient (Wildman–Crippen LogP) is 6.09. The maximum atomic E-state index is 13.4. The Labute approximate surface area is 199 Å². The lowest BCUT2D eigenvalue weighted by molar-refractivity contribution is 0.0526. The average molecular weight is 487 g/mol. The number of allylic oxidation sites excluding steroid dienone is 4. The lowest BCUT2D eigenvalue weighted by Gasteiger charge is -2.06. The van der Waals surface area contributed by atoms with E-state index in [4.69, 9.17) is 20.8 Å². The Morgan fingerprint density at radius 1 is 1.21 bits per heavy atom. The van der Waals surface area contributed by atoms with Crippen LogP contribution in [0.15, 0.2) is 69.2 Å². The first kappa shape index (κ1) is 23.0. The molecule has 0 fully saturated rings. The van der Waals surface area contributed by atoms with Gasteiger partial charge in [0.1, 0.15) is 22.4 Å². The van der Waals surface area contributed by atoms with Gasteiger partial charge in [0.15, 0.2) is 5.09 Å². The first-order chi connectivity index (χ1) is 16.0. The summed E-state index contributed by atoms with van der Waals surface area (Å²) in [6.45, 7) is 2.37. The molecule has 0 atom stereocenters. The van der Waals surface area contributed by atoms with Crippen LogP contribution in [0.25, 0.3) is 5.57 Å². The Morgan fingerprint density at radius 2 is 2.09 bits per heavy atom. The monoisotopic (exact) mass is 486 g/mol. The summed E-state index contributed by atoms with van der Waals surface area (Å²) < 4.78 is 24.4. The number of oxazole rings is 1. The van der Waals surface area contributed by atoms with Crippen molar-refractivity contribution in [3.05, 3.63) is 76.8 Å². The molecule has 1 N–H and O–H groups in total. The van der Waals surface area contributed by atoms with Crippen molar-refractivity contribution >= 4 is 40.7 Å². The van der Waals surface area contributed by atoms with Crippen LogP contribution < -0.4 is 5.32 Å². The molecule has 3 heterocycles. The van der Waals surface area contributed by atoms with Crippen molar-refractivity contribution in [2.45, 2.75) is 36.4 Å². The molecule has 33 heavy (non-hydrogen) atoms. The SMILES string of the molecule is CCOC(=O)c1ccc(NCc2nc(C3=CC=C(F)CC3)oc2Sc2ccc(Cl)cn2)nc1. The smallest absolute Gasteiger partial charge is 0.339 e. The number of carbonyl (C=O) groups is 1. The molecule has 1 aliphatic rings. The third kappa shape index (κ3) is 6.00. The molecule has 3 aromatic rings. The third-order valence-corrected chi connectivity index (χ3v) is 5.82. The zero-order valence-electron chi connectivity index (χ0n) is 17.7. The number of esters is 1. The molecule has 170 valence electrons. The molecule has 10 heteroatoms. The maximum Gasteiger partial charge on any atom is 0.339 e. The van der Waals surface area contributed by atoms with Crippen LogP contribution in [0.2, 0.25) is 5.02 Å². The van der Waals surface area contributed by atoms with Crippen molar-refractivity contribution in [2.75, 3.05) is 11.9 Å². The normalized spacial score (nSPS) is 13.3. The summed E-state index contributed by atoms with van der Waals surface area (Å²) in [5.74, 6) is 0.426. The highest BCUT2D eigenvalue weighted by Crippen LogP contribution is 2.35. The second-order valence-electron chi connectivity index (χ2n) is 6.98. The molecule has 3 aromatic heterocycles. The van der Waals surface area contributed by atoms with Gasteiger partial charge in [-0.15, -0.1) is 0 Å². The first-order valence-electron chi connectivity index (χ1n) is 10.2. The van der Waals surface area contributed by atoms with Crippen LogP contribution in [0.4, 0.5) is 10.2 Å².